The highest BCUT2D eigenvalue weighted by molar-refractivity contribution is 5.86. The van der Waals surface area contributed by atoms with Crippen molar-refractivity contribution in [2.24, 2.45) is 5.92 Å². The Balaban J connectivity index is 1.60. The van der Waals surface area contributed by atoms with Gasteiger partial charge >= 0.3 is 0 Å². The second-order valence-electron chi connectivity index (χ2n) is 6.12. The van der Waals surface area contributed by atoms with Crippen LogP contribution in [-0.4, -0.2) is 44.2 Å². The largest absolute Gasteiger partial charge is 0.391 e. The molecule has 6 heteroatoms. The number of H-pyrrole nitrogens is 1. The molecule has 0 amide bonds. The van der Waals surface area contributed by atoms with E-state index in [1.165, 1.54) is 5.56 Å². The number of aryl methyl sites for hydroxylation is 1. The van der Waals surface area contributed by atoms with Crippen molar-refractivity contribution in [3.63, 3.8) is 0 Å². The van der Waals surface area contributed by atoms with Crippen molar-refractivity contribution >= 4 is 16.9 Å². The molecule has 0 bridgehead atoms. The molecule has 6 nitrogen and oxygen atoms in total. The van der Waals surface area contributed by atoms with Crippen LogP contribution in [0.15, 0.2) is 36.8 Å². The molecule has 0 spiro atoms. The number of aromatic nitrogens is 4. The number of aliphatic hydroxyl groups excluding tert-OH is 1. The van der Waals surface area contributed by atoms with Gasteiger partial charge in [0.1, 0.15) is 11.3 Å². The van der Waals surface area contributed by atoms with E-state index in [2.05, 4.69) is 24.8 Å². The molecular formula is C17H19N5O. The first-order valence-electron chi connectivity index (χ1n) is 7.84. The normalized spacial score (nSPS) is 21.2. The van der Waals surface area contributed by atoms with Crippen LogP contribution < -0.4 is 4.90 Å². The van der Waals surface area contributed by atoms with Crippen LogP contribution in [0.1, 0.15) is 11.4 Å². The lowest BCUT2D eigenvalue weighted by Crippen LogP contribution is -2.23. The van der Waals surface area contributed by atoms with E-state index in [1.807, 2.05) is 31.3 Å². The number of aromatic amines is 1. The zero-order valence-corrected chi connectivity index (χ0v) is 13.0. The number of hydrogen-bond acceptors (Lipinski definition) is 5. The number of fused-ring (bicyclic) bond motifs is 1. The van der Waals surface area contributed by atoms with Gasteiger partial charge in [-0.3, -0.25) is 4.98 Å². The minimum atomic E-state index is -0.358. The summed E-state index contributed by atoms with van der Waals surface area (Å²) in [5, 5.41) is 10.5. The minimum absolute atomic E-state index is 0.192. The van der Waals surface area contributed by atoms with Crippen molar-refractivity contribution in [1.29, 1.82) is 0 Å². The molecule has 0 aromatic carbocycles. The third-order valence-electron chi connectivity index (χ3n) is 4.45. The topological polar surface area (TPSA) is 77.9 Å². The smallest absolute Gasteiger partial charge is 0.156 e. The fourth-order valence-electron chi connectivity index (χ4n) is 3.32. The Hall–Kier alpha value is -2.47. The van der Waals surface area contributed by atoms with E-state index in [0.717, 1.165) is 35.6 Å². The first-order valence-corrected chi connectivity index (χ1v) is 7.84. The molecule has 0 aliphatic carbocycles. The first kappa shape index (κ1) is 14.1. The van der Waals surface area contributed by atoms with Gasteiger partial charge in [-0.15, -0.1) is 0 Å². The third-order valence-corrected chi connectivity index (χ3v) is 4.45. The predicted octanol–water partition coefficient (Wildman–Crippen LogP) is 1.70. The lowest BCUT2D eigenvalue weighted by atomic mass is 9.97. The molecule has 2 atom stereocenters. The number of pyridine rings is 1. The van der Waals surface area contributed by atoms with E-state index >= 15 is 0 Å². The van der Waals surface area contributed by atoms with Crippen LogP contribution in [0.3, 0.4) is 0 Å². The maximum atomic E-state index is 10.5. The molecule has 0 radical (unpaired) electrons. The summed E-state index contributed by atoms with van der Waals surface area (Å²) in [4.78, 5) is 18.4. The SMILES string of the molecule is Cc1nc(N2C[C@@H](Cc3ccncc3)[C@H](O)C2)c2[nH]ccc2n1. The van der Waals surface area contributed by atoms with Crippen LogP contribution in [0.2, 0.25) is 0 Å². The molecule has 1 aliphatic rings. The number of nitrogens with zero attached hydrogens (tertiary/aromatic N) is 4. The van der Waals surface area contributed by atoms with Crippen LogP contribution in [0.4, 0.5) is 5.82 Å². The quantitative estimate of drug-likeness (QED) is 0.770. The van der Waals surface area contributed by atoms with Crippen molar-refractivity contribution in [2.75, 3.05) is 18.0 Å². The van der Waals surface area contributed by atoms with Gasteiger partial charge in [-0.25, -0.2) is 9.97 Å². The van der Waals surface area contributed by atoms with Crippen molar-refractivity contribution in [3.05, 3.63) is 48.2 Å². The van der Waals surface area contributed by atoms with E-state index < -0.39 is 0 Å². The number of hydrogen-bond donors (Lipinski definition) is 2. The van der Waals surface area contributed by atoms with Crippen LogP contribution in [0, 0.1) is 12.8 Å². The fourth-order valence-corrected chi connectivity index (χ4v) is 3.32. The zero-order valence-electron chi connectivity index (χ0n) is 13.0. The van der Waals surface area contributed by atoms with Crippen LogP contribution in [0.25, 0.3) is 11.0 Å². The molecule has 2 N–H and O–H groups in total. The van der Waals surface area contributed by atoms with Gasteiger partial charge in [-0.1, -0.05) is 0 Å². The number of nitrogens with one attached hydrogen (secondary N) is 1. The van der Waals surface area contributed by atoms with Gasteiger partial charge < -0.3 is 15.0 Å². The number of aliphatic hydroxyl groups is 1. The van der Waals surface area contributed by atoms with Crippen LogP contribution in [-0.2, 0) is 6.42 Å². The lowest BCUT2D eigenvalue weighted by molar-refractivity contribution is 0.148. The van der Waals surface area contributed by atoms with Gasteiger partial charge in [-0.2, -0.15) is 0 Å². The Morgan fingerprint density at radius 3 is 2.87 bits per heavy atom. The maximum absolute atomic E-state index is 10.5. The summed E-state index contributed by atoms with van der Waals surface area (Å²) in [5.41, 5.74) is 3.06. The molecule has 0 saturated carbocycles. The number of rotatable bonds is 3. The van der Waals surface area contributed by atoms with E-state index in [9.17, 15) is 5.11 Å². The Kier molecular flexibility index (Phi) is 3.46. The molecule has 1 saturated heterocycles. The Bertz CT molecular complexity index is 816. The summed E-state index contributed by atoms with van der Waals surface area (Å²) in [6, 6.07) is 5.97. The molecule has 3 aromatic rings. The molecule has 3 aromatic heterocycles. The molecule has 4 heterocycles. The molecule has 4 rings (SSSR count). The fraction of sp³-hybridized carbons (Fsp3) is 0.353. The minimum Gasteiger partial charge on any atom is -0.391 e. The summed E-state index contributed by atoms with van der Waals surface area (Å²) >= 11 is 0. The average Bonchev–Trinajstić information content (AvgIpc) is 3.15. The van der Waals surface area contributed by atoms with Gasteiger partial charge in [-0.05, 0) is 37.1 Å². The molecule has 1 fully saturated rings. The zero-order chi connectivity index (χ0) is 15.8. The highest BCUT2D eigenvalue weighted by atomic mass is 16.3. The van der Waals surface area contributed by atoms with Crippen molar-refractivity contribution in [2.45, 2.75) is 19.4 Å². The maximum Gasteiger partial charge on any atom is 0.156 e. The summed E-state index contributed by atoms with van der Waals surface area (Å²) in [6.45, 7) is 3.28. The second-order valence-corrected chi connectivity index (χ2v) is 6.12. The molecule has 23 heavy (non-hydrogen) atoms. The first-order chi connectivity index (χ1) is 11.2. The van der Waals surface area contributed by atoms with E-state index in [-0.39, 0.29) is 12.0 Å². The predicted molar refractivity (Wildman–Crippen MR) is 88.3 cm³/mol. The average molecular weight is 309 g/mol. The van der Waals surface area contributed by atoms with Crippen molar-refractivity contribution in [3.8, 4) is 0 Å². The molecular weight excluding hydrogens is 290 g/mol. The highest BCUT2D eigenvalue weighted by Gasteiger charge is 2.33. The summed E-state index contributed by atoms with van der Waals surface area (Å²) in [6.07, 6.45) is 5.96. The lowest BCUT2D eigenvalue weighted by Gasteiger charge is -2.18. The monoisotopic (exact) mass is 309 g/mol. The standard InChI is InChI=1S/C17H19N5O/c1-11-20-14-4-7-19-16(14)17(21-11)22-9-13(15(23)10-22)8-12-2-5-18-6-3-12/h2-7,13,15,19,23H,8-10H2,1H3/t13-,15-/m1/s1. The third kappa shape index (κ3) is 2.66. The van der Waals surface area contributed by atoms with Gasteiger partial charge in [0.15, 0.2) is 5.82 Å². The Morgan fingerprint density at radius 2 is 2.04 bits per heavy atom. The van der Waals surface area contributed by atoms with Gasteiger partial charge in [0.05, 0.1) is 11.6 Å². The molecule has 118 valence electrons. The highest BCUT2D eigenvalue weighted by Crippen LogP contribution is 2.29. The Labute approximate surface area is 134 Å². The molecule has 1 aliphatic heterocycles. The Morgan fingerprint density at radius 1 is 1.22 bits per heavy atom. The second kappa shape index (κ2) is 5.62. The van der Waals surface area contributed by atoms with Crippen LogP contribution in [0.5, 0.6) is 0 Å². The van der Waals surface area contributed by atoms with Gasteiger partial charge in [0, 0.05) is 37.6 Å². The van der Waals surface area contributed by atoms with E-state index in [4.69, 9.17) is 0 Å². The number of β-amino-alcohol motifs (C(OH)–C–C–N with tert-alkyl or cyclic N) is 1. The van der Waals surface area contributed by atoms with Crippen molar-refractivity contribution in [1.82, 2.24) is 19.9 Å². The summed E-state index contributed by atoms with van der Waals surface area (Å²) in [7, 11) is 0. The molecule has 0 unspecified atom stereocenters. The van der Waals surface area contributed by atoms with Gasteiger partial charge in [0.2, 0.25) is 0 Å². The summed E-state index contributed by atoms with van der Waals surface area (Å²) in [5.74, 6) is 1.82. The van der Waals surface area contributed by atoms with Crippen molar-refractivity contribution < 1.29 is 5.11 Å². The van der Waals surface area contributed by atoms with Gasteiger partial charge in [0.25, 0.3) is 0 Å². The van der Waals surface area contributed by atoms with E-state index in [0.29, 0.717) is 6.54 Å². The number of anilines is 1. The van der Waals surface area contributed by atoms with Crippen LogP contribution >= 0.6 is 0 Å². The van der Waals surface area contributed by atoms with E-state index in [1.54, 1.807) is 12.4 Å². The summed E-state index contributed by atoms with van der Waals surface area (Å²) < 4.78 is 0.